The van der Waals surface area contributed by atoms with Gasteiger partial charge in [0.15, 0.2) is 6.10 Å². The van der Waals surface area contributed by atoms with E-state index in [2.05, 4.69) is 10.6 Å². The van der Waals surface area contributed by atoms with Gasteiger partial charge < -0.3 is 15.4 Å². The van der Waals surface area contributed by atoms with Crippen molar-refractivity contribution in [3.05, 3.63) is 28.3 Å². The number of amides is 2. The summed E-state index contributed by atoms with van der Waals surface area (Å²) in [4.78, 5) is 24.8. The van der Waals surface area contributed by atoms with Gasteiger partial charge in [0.05, 0.1) is 0 Å². The van der Waals surface area contributed by atoms with Crippen LogP contribution < -0.4 is 15.4 Å². The third-order valence-electron chi connectivity index (χ3n) is 3.95. The Morgan fingerprint density at radius 3 is 2.31 bits per heavy atom. The van der Waals surface area contributed by atoms with Gasteiger partial charge in [-0.15, -0.1) is 11.6 Å². The topological polar surface area (TPSA) is 67.4 Å². The molecule has 146 valence electrons. The predicted octanol–water partition coefficient (Wildman–Crippen LogP) is 3.75. The van der Waals surface area contributed by atoms with Crippen LogP contribution in [-0.2, 0) is 9.59 Å². The summed E-state index contributed by atoms with van der Waals surface area (Å²) in [6.07, 6.45) is 0.439. The summed E-state index contributed by atoms with van der Waals surface area (Å²) in [6, 6.07) is 3.60. The molecule has 0 aliphatic carbocycles. The Morgan fingerprint density at radius 2 is 1.81 bits per heavy atom. The number of ether oxygens (including phenoxy) is 1. The third kappa shape index (κ3) is 6.36. The number of benzene rings is 1. The van der Waals surface area contributed by atoms with Crippen LogP contribution in [0.4, 0.5) is 0 Å². The third-order valence-corrected chi connectivity index (χ3v) is 4.81. The van der Waals surface area contributed by atoms with Crippen LogP contribution in [0, 0.1) is 13.8 Å². The Bertz CT molecular complexity index is 625. The molecule has 2 amide bonds. The SMILES string of the molecule is CCC(Oc1cc(C)c(Cl)c(C)c1)C(=O)NC(C)(C)C(=O)NCCCCl. The summed E-state index contributed by atoms with van der Waals surface area (Å²) < 4.78 is 5.85. The van der Waals surface area contributed by atoms with E-state index in [0.717, 1.165) is 11.1 Å². The zero-order valence-corrected chi connectivity index (χ0v) is 17.6. The van der Waals surface area contributed by atoms with Gasteiger partial charge in [-0.3, -0.25) is 9.59 Å². The zero-order valence-electron chi connectivity index (χ0n) is 16.0. The second kappa shape index (κ2) is 10.0. The molecule has 0 saturated carbocycles. The molecule has 0 spiro atoms. The fourth-order valence-corrected chi connectivity index (χ4v) is 2.64. The van der Waals surface area contributed by atoms with E-state index in [-0.39, 0.29) is 11.8 Å². The summed E-state index contributed by atoms with van der Waals surface area (Å²) in [5.41, 5.74) is 0.721. The number of rotatable bonds is 9. The Morgan fingerprint density at radius 1 is 1.23 bits per heavy atom. The lowest BCUT2D eigenvalue weighted by Gasteiger charge is -2.28. The van der Waals surface area contributed by atoms with E-state index in [9.17, 15) is 9.59 Å². The van der Waals surface area contributed by atoms with Crippen molar-refractivity contribution in [2.24, 2.45) is 0 Å². The van der Waals surface area contributed by atoms with Crippen molar-refractivity contribution in [2.75, 3.05) is 12.4 Å². The highest BCUT2D eigenvalue weighted by molar-refractivity contribution is 6.32. The molecule has 26 heavy (non-hydrogen) atoms. The molecular formula is C19H28Cl2N2O3. The van der Waals surface area contributed by atoms with Crippen molar-refractivity contribution in [1.82, 2.24) is 10.6 Å². The molecular weight excluding hydrogens is 375 g/mol. The fourth-order valence-electron chi connectivity index (χ4n) is 2.40. The Balaban J connectivity index is 2.78. The lowest BCUT2D eigenvalue weighted by atomic mass is 10.0. The minimum atomic E-state index is -1.05. The Labute approximate surface area is 165 Å². The molecule has 0 radical (unpaired) electrons. The number of carbonyl (C=O) groups excluding carboxylic acids is 2. The van der Waals surface area contributed by atoms with Gasteiger partial charge in [-0.1, -0.05) is 18.5 Å². The fraction of sp³-hybridized carbons (Fsp3) is 0.579. The van der Waals surface area contributed by atoms with E-state index < -0.39 is 11.6 Å². The lowest BCUT2D eigenvalue weighted by Crippen LogP contribution is -2.57. The molecule has 7 heteroatoms. The maximum Gasteiger partial charge on any atom is 0.261 e. The maximum atomic E-state index is 12.6. The summed E-state index contributed by atoms with van der Waals surface area (Å²) in [7, 11) is 0. The molecule has 1 rings (SSSR count). The molecule has 1 aromatic carbocycles. The highest BCUT2D eigenvalue weighted by atomic mass is 35.5. The first-order valence-electron chi connectivity index (χ1n) is 8.72. The van der Waals surface area contributed by atoms with Gasteiger partial charge in [-0.2, -0.15) is 0 Å². The average Bonchev–Trinajstić information content (AvgIpc) is 2.56. The number of hydrogen-bond acceptors (Lipinski definition) is 3. The second-order valence-electron chi connectivity index (χ2n) is 6.80. The molecule has 0 aliphatic heterocycles. The van der Waals surface area contributed by atoms with Crippen molar-refractivity contribution >= 4 is 35.0 Å². The molecule has 5 nitrogen and oxygen atoms in total. The van der Waals surface area contributed by atoms with Crippen LogP contribution in [0.3, 0.4) is 0 Å². The number of hydrogen-bond donors (Lipinski definition) is 2. The Hall–Kier alpha value is -1.46. The highest BCUT2D eigenvalue weighted by Gasteiger charge is 2.32. The number of carbonyl (C=O) groups is 2. The Kier molecular flexibility index (Phi) is 8.71. The van der Waals surface area contributed by atoms with Crippen LogP contribution in [0.2, 0.25) is 5.02 Å². The monoisotopic (exact) mass is 402 g/mol. The van der Waals surface area contributed by atoms with Gasteiger partial charge in [-0.05, 0) is 63.8 Å². The van der Waals surface area contributed by atoms with Gasteiger partial charge >= 0.3 is 0 Å². The number of aryl methyl sites for hydroxylation is 2. The predicted molar refractivity (Wildman–Crippen MR) is 106 cm³/mol. The molecule has 0 saturated heterocycles. The van der Waals surface area contributed by atoms with Crippen molar-refractivity contribution in [3.8, 4) is 5.75 Å². The van der Waals surface area contributed by atoms with Crippen LogP contribution in [0.5, 0.6) is 5.75 Å². The van der Waals surface area contributed by atoms with Crippen LogP contribution in [0.25, 0.3) is 0 Å². The maximum absolute atomic E-state index is 12.6. The standard InChI is InChI=1S/C19H28Cl2N2O3/c1-6-15(26-14-10-12(2)16(21)13(3)11-14)17(24)23-19(4,5)18(25)22-9-7-8-20/h10-11,15H,6-9H2,1-5H3,(H,22,25)(H,23,24). The first-order chi connectivity index (χ1) is 12.1. The summed E-state index contributed by atoms with van der Waals surface area (Å²) in [5, 5.41) is 6.21. The van der Waals surface area contributed by atoms with E-state index in [1.807, 2.05) is 20.8 Å². The molecule has 0 aliphatic rings. The first-order valence-corrected chi connectivity index (χ1v) is 9.63. The minimum absolute atomic E-state index is 0.260. The quantitative estimate of drug-likeness (QED) is 0.488. The van der Waals surface area contributed by atoms with Gasteiger partial charge in [0, 0.05) is 17.4 Å². The summed E-state index contributed by atoms with van der Waals surface area (Å²) >= 11 is 11.8. The van der Waals surface area contributed by atoms with Crippen LogP contribution in [0.15, 0.2) is 12.1 Å². The molecule has 0 bridgehead atoms. The molecule has 0 aromatic heterocycles. The molecule has 2 N–H and O–H groups in total. The molecule has 1 unspecified atom stereocenters. The van der Waals surface area contributed by atoms with Crippen LogP contribution in [0.1, 0.15) is 44.7 Å². The smallest absolute Gasteiger partial charge is 0.261 e. The summed E-state index contributed by atoms with van der Waals surface area (Å²) in [5.74, 6) is 0.452. The van der Waals surface area contributed by atoms with Gasteiger partial charge in [-0.25, -0.2) is 0 Å². The van der Waals surface area contributed by atoms with E-state index in [1.165, 1.54) is 0 Å². The molecule has 1 aromatic rings. The van der Waals surface area contributed by atoms with Gasteiger partial charge in [0.25, 0.3) is 5.91 Å². The average molecular weight is 403 g/mol. The first kappa shape index (κ1) is 22.6. The van der Waals surface area contributed by atoms with Crippen molar-refractivity contribution in [2.45, 2.75) is 59.1 Å². The normalized spacial score (nSPS) is 12.4. The largest absolute Gasteiger partial charge is 0.481 e. The second-order valence-corrected chi connectivity index (χ2v) is 7.55. The minimum Gasteiger partial charge on any atom is -0.481 e. The molecule has 0 fully saturated rings. The summed E-state index contributed by atoms with van der Waals surface area (Å²) in [6.45, 7) is 9.41. The van der Waals surface area contributed by atoms with Gasteiger partial charge in [0.2, 0.25) is 5.91 Å². The van der Waals surface area contributed by atoms with E-state index in [0.29, 0.717) is 36.0 Å². The zero-order chi connectivity index (χ0) is 19.9. The lowest BCUT2D eigenvalue weighted by molar-refractivity contribution is -0.136. The van der Waals surface area contributed by atoms with Crippen LogP contribution >= 0.6 is 23.2 Å². The highest BCUT2D eigenvalue weighted by Crippen LogP contribution is 2.26. The van der Waals surface area contributed by atoms with Gasteiger partial charge in [0.1, 0.15) is 11.3 Å². The van der Waals surface area contributed by atoms with E-state index in [4.69, 9.17) is 27.9 Å². The van der Waals surface area contributed by atoms with E-state index >= 15 is 0 Å². The number of alkyl halides is 1. The molecule has 0 heterocycles. The number of halogens is 2. The molecule has 1 atom stereocenters. The van der Waals surface area contributed by atoms with Crippen molar-refractivity contribution in [3.63, 3.8) is 0 Å². The van der Waals surface area contributed by atoms with Crippen LogP contribution in [-0.4, -0.2) is 35.9 Å². The number of nitrogens with one attached hydrogen (secondary N) is 2. The van der Waals surface area contributed by atoms with Crippen molar-refractivity contribution < 1.29 is 14.3 Å². The van der Waals surface area contributed by atoms with E-state index in [1.54, 1.807) is 26.0 Å². The van der Waals surface area contributed by atoms with Crippen molar-refractivity contribution in [1.29, 1.82) is 0 Å².